The van der Waals surface area contributed by atoms with Gasteiger partial charge in [-0.3, -0.25) is 9.79 Å². The fraction of sp³-hybridized carbons (Fsp3) is 0.529. The summed E-state index contributed by atoms with van der Waals surface area (Å²) >= 11 is 0. The summed E-state index contributed by atoms with van der Waals surface area (Å²) in [4.78, 5) is 16.0. The number of sulfone groups is 1. The minimum Gasteiger partial charge on any atom is -0.497 e. The van der Waals surface area contributed by atoms with Crippen LogP contribution in [0.2, 0.25) is 0 Å². The zero-order valence-corrected chi connectivity index (χ0v) is 15.9. The van der Waals surface area contributed by atoms with Gasteiger partial charge in [-0.1, -0.05) is 12.1 Å². The van der Waals surface area contributed by atoms with E-state index in [0.717, 1.165) is 11.3 Å². The van der Waals surface area contributed by atoms with Crippen molar-refractivity contribution in [3.05, 3.63) is 29.8 Å². The molecule has 26 heavy (non-hydrogen) atoms. The number of aliphatic imine (C=N–C) groups is 1. The van der Waals surface area contributed by atoms with Gasteiger partial charge in [0.25, 0.3) is 0 Å². The highest BCUT2D eigenvalue weighted by Crippen LogP contribution is 2.12. The highest BCUT2D eigenvalue weighted by molar-refractivity contribution is 7.91. The fourth-order valence-electron chi connectivity index (χ4n) is 2.69. The largest absolute Gasteiger partial charge is 0.497 e. The molecule has 1 fully saturated rings. The Morgan fingerprint density at radius 1 is 1.35 bits per heavy atom. The van der Waals surface area contributed by atoms with Gasteiger partial charge in [-0.15, -0.1) is 0 Å². The van der Waals surface area contributed by atoms with Crippen molar-refractivity contribution >= 4 is 21.7 Å². The Bertz CT molecular complexity index is 749. The molecule has 8 nitrogen and oxygen atoms in total. The van der Waals surface area contributed by atoms with Crippen LogP contribution < -0.4 is 20.7 Å². The summed E-state index contributed by atoms with van der Waals surface area (Å²) in [6.45, 7) is 0.978. The summed E-state index contributed by atoms with van der Waals surface area (Å²) in [5, 5.41) is 9.00. The maximum Gasteiger partial charge on any atom is 0.222 e. The maximum atomic E-state index is 11.9. The van der Waals surface area contributed by atoms with E-state index in [1.807, 2.05) is 24.3 Å². The zero-order valence-electron chi connectivity index (χ0n) is 15.1. The molecule has 0 aromatic heterocycles. The Balaban J connectivity index is 1.69. The predicted octanol–water partition coefficient (Wildman–Crippen LogP) is 0.0536. The van der Waals surface area contributed by atoms with E-state index in [1.165, 1.54) is 0 Å². The molecule has 1 aromatic carbocycles. The number of nitrogens with one attached hydrogen (secondary N) is 3. The van der Waals surface area contributed by atoms with Crippen molar-refractivity contribution in [1.82, 2.24) is 16.0 Å². The Labute approximate surface area is 154 Å². The van der Waals surface area contributed by atoms with Crippen molar-refractivity contribution in [1.29, 1.82) is 0 Å². The minimum atomic E-state index is -2.99. The number of amides is 1. The second-order valence-electron chi connectivity index (χ2n) is 6.12. The molecule has 1 heterocycles. The third-order valence-electron chi connectivity index (χ3n) is 4.06. The van der Waals surface area contributed by atoms with Gasteiger partial charge in [-0.25, -0.2) is 8.42 Å². The van der Waals surface area contributed by atoms with Gasteiger partial charge in [0, 0.05) is 32.6 Å². The number of guanidine groups is 1. The van der Waals surface area contributed by atoms with E-state index in [9.17, 15) is 13.2 Å². The third-order valence-corrected chi connectivity index (χ3v) is 5.83. The van der Waals surface area contributed by atoms with Crippen LogP contribution in [0.25, 0.3) is 0 Å². The van der Waals surface area contributed by atoms with Crippen LogP contribution in [-0.2, 0) is 21.2 Å². The molecule has 9 heteroatoms. The van der Waals surface area contributed by atoms with Crippen molar-refractivity contribution in [2.24, 2.45) is 4.99 Å². The van der Waals surface area contributed by atoms with Crippen LogP contribution in [0.4, 0.5) is 0 Å². The first-order valence-corrected chi connectivity index (χ1v) is 10.3. The van der Waals surface area contributed by atoms with Crippen LogP contribution in [0.15, 0.2) is 29.3 Å². The van der Waals surface area contributed by atoms with E-state index in [-0.39, 0.29) is 29.9 Å². The number of benzene rings is 1. The van der Waals surface area contributed by atoms with Gasteiger partial charge in [0.1, 0.15) is 5.75 Å². The molecule has 1 saturated heterocycles. The molecule has 0 aliphatic carbocycles. The van der Waals surface area contributed by atoms with Gasteiger partial charge in [-0.05, 0) is 24.1 Å². The lowest BCUT2D eigenvalue weighted by Gasteiger charge is -2.14. The van der Waals surface area contributed by atoms with Gasteiger partial charge in [0.15, 0.2) is 15.8 Å². The number of hydrogen-bond acceptors (Lipinski definition) is 5. The van der Waals surface area contributed by atoms with Gasteiger partial charge in [0.05, 0.1) is 18.6 Å². The summed E-state index contributed by atoms with van der Waals surface area (Å²) in [5.74, 6) is 1.40. The van der Waals surface area contributed by atoms with E-state index in [1.54, 1.807) is 14.2 Å². The smallest absolute Gasteiger partial charge is 0.222 e. The van der Waals surface area contributed by atoms with Gasteiger partial charge < -0.3 is 20.7 Å². The van der Waals surface area contributed by atoms with Crippen LogP contribution in [-0.4, -0.2) is 58.5 Å². The van der Waals surface area contributed by atoms with Gasteiger partial charge in [0.2, 0.25) is 5.91 Å². The highest BCUT2D eigenvalue weighted by atomic mass is 32.2. The molecular formula is C17H26N4O4S. The molecule has 1 amide bonds. The molecule has 0 bridgehead atoms. The topological polar surface area (TPSA) is 109 Å². The Morgan fingerprint density at radius 3 is 2.81 bits per heavy atom. The summed E-state index contributed by atoms with van der Waals surface area (Å²) in [6, 6.07) is 7.44. The number of ether oxygens (including phenoxy) is 1. The Morgan fingerprint density at radius 2 is 2.15 bits per heavy atom. The van der Waals surface area contributed by atoms with Crippen molar-refractivity contribution in [2.75, 3.05) is 32.2 Å². The first-order chi connectivity index (χ1) is 12.4. The SMILES string of the molecule is CN=C(NCCC(=O)NC1CCS(=O)(=O)C1)NCc1cccc(OC)c1. The summed E-state index contributed by atoms with van der Waals surface area (Å²) in [5.41, 5.74) is 1.05. The summed E-state index contributed by atoms with van der Waals surface area (Å²) < 4.78 is 28.0. The number of methoxy groups -OCH3 is 1. The van der Waals surface area contributed by atoms with Crippen LogP contribution in [0.3, 0.4) is 0 Å². The van der Waals surface area contributed by atoms with E-state index in [2.05, 4.69) is 20.9 Å². The van der Waals surface area contributed by atoms with Gasteiger partial charge >= 0.3 is 0 Å². The van der Waals surface area contributed by atoms with Crippen molar-refractivity contribution in [2.45, 2.75) is 25.4 Å². The number of carbonyl (C=O) groups is 1. The van der Waals surface area contributed by atoms with Crippen LogP contribution in [0.5, 0.6) is 5.75 Å². The molecule has 1 aliphatic rings. The van der Waals surface area contributed by atoms with Crippen LogP contribution in [0, 0.1) is 0 Å². The highest BCUT2D eigenvalue weighted by Gasteiger charge is 2.28. The molecule has 0 saturated carbocycles. The van der Waals surface area contributed by atoms with Crippen LogP contribution >= 0.6 is 0 Å². The molecule has 1 atom stereocenters. The normalized spacial score (nSPS) is 19.0. The lowest BCUT2D eigenvalue weighted by atomic mass is 10.2. The standard InChI is InChI=1S/C17H26N4O4S/c1-18-17(20-11-13-4-3-5-15(10-13)25-2)19-8-6-16(22)21-14-7-9-26(23,24)12-14/h3-5,10,14H,6-9,11-12H2,1-2H3,(H,21,22)(H2,18,19,20). The third kappa shape index (κ3) is 6.55. The van der Waals surface area contributed by atoms with E-state index in [4.69, 9.17) is 4.74 Å². The monoisotopic (exact) mass is 382 g/mol. The van der Waals surface area contributed by atoms with Crippen molar-refractivity contribution in [3.63, 3.8) is 0 Å². The lowest BCUT2D eigenvalue weighted by molar-refractivity contribution is -0.121. The Kier molecular flexibility index (Phi) is 7.26. The average Bonchev–Trinajstić information content (AvgIpc) is 2.96. The van der Waals surface area contributed by atoms with Crippen molar-refractivity contribution in [3.8, 4) is 5.75 Å². The first kappa shape index (κ1) is 20.0. The molecule has 1 aromatic rings. The summed E-state index contributed by atoms with van der Waals surface area (Å²) in [6.07, 6.45) is 0.738. The fourth-order valence-corrected chi connectivity index (χ4v) is 4.37. The quantitative estimate of drug-likeness (QED) is 0.454. The number of hydrogen-bond donors (Lipinski definition) is 3. The van der Waals surface area contributed by atoms with E-state index < -0.39 is 9.84 Å². The van der Waals surface area contributed by atoms with Gasteiger partial charge in [-0.2, -0.15) is 0 Å². The molecule has 144 valence electrons. The predicted molar refractivity (Wildman–Crippen MR) is 101 cm³/mol. The lowest BCUT2D eigenvalue weighted by Crippen LogP contribution is -2.40. The molecule has 2 rings (SSSR count). The van der Waals surface area contributed by atoms with E-state index in [0.29, 0.717) is 25.5 Å². The summed E-state index contributed by atoms with van der Waals surface area (Å²) in [7, 11) is 0.295. The minimum absolute atomic E-state index is 0.0376. The molecule has 1 aliphatic heterocycles. The molecule has 1 unspecified atom stereocenters. The molecule has 3 N–H and O–H groups in total. The van der Waals surface area contributed by atoms with E-state index >= 15 is 0 Å². The van der Waals surface area contributed by atoms with Crippen molar-refractivity contribution < 1.29 is 17.9 Å². The number of rotatable bonds is 7. The Hall–Kier alpha value is -2.29. The average molecular weight is 382 g/mol. The zero-order chi connectivity index (χ0) is 19.0. The number of nitrogens with zero attached hydrogens (tertiary/aromatic N) is 1. The number of carbonyl (C=O) groups excluding carboxylic acids is 1. The molecular weight excluding hydrogens is 356 g/mol. The molecule has 0 radical (unpaired) electrons. The first-order valence-electron chi connectivity index (χ1n) is 8.49. The van der Waals surface area contributed by atoms with Crippen LogP contribution in [0.1, 0.15) is 18.4 Å². The maximum absolute atomic E-state index is 11.9. The molecule has 0 spiro atoms. The second kappa shape index (κ2) is 9.42. The second-order valence-corrected chi connectivity index (χ2v) is 8.35.